The second-order valence-electron chi connectivity index (χ2n) is 10.2. The van der Waals surface area contributed by atoms with Gasteiger partial charge in [-0.25, -0.2) is 19.0 Å². The van der Waals surface area contributed by atoms with Gasteiger partial charge in [-0.2, -0.15) is 5.10 Å². The molecule has 1 saturated carbocycles. The molecule has 1 aliphatic carbocycles. The number of likely N-dealkylation sites (tertiary alicyclic amines) is 1. The van der Waals surface area contributed by atoms with Crippen LogP contribution in [0.5, 0.6) is 11.5 Å². The van der Waals surface area contributed by atoms with Crippen LogP contribution in [0.25, 0.3) is 22.3 Å². The molecule has 0 bridgehead atoms. The van der Waals surface area contributed by atoms with Crippen LogP contribution in [0.3, 0.4) is 0 Å². The number of amides is 2. The van der Waals surface area contributed by atoms with Crippen LogP contribution in [0.2, 0.25) is 0 Å². The first-order chi connectivity index (χ1) is 19.4. The van der Waals surface area contributed by atoms with Crippen molar-refractivity contribution in [3.63, 3.8) is 0 Å². The molecule has 4 N–H and O–H groups in total. The SMILES string of the molecule is NC(=O)C(=CC1CC1)C(=O)N1CCC[C@@H](n2nc(-c3ccc(Oc4cccc(F)c4)cc3)c3c(N)ncnc32)C1. The number of piperidine rings is 1. The minimum Gasteiger partial charge on any atom is -0.457 e. The van der Waals surface area contributed by atoms with Crippen LogP contribution in [0, 0.1) is 11.7 Å². The van der Waals surface area contributed by atoms with E-state index >= 15 is 0 Å². The third-order valence-corrected chi connectivity index (χ3v) is 7.23. The maximum absolute atomic E-state index is 13.5. The van der Waals surface area contributed by atoms with Gasteiger partial charge in [0.05, 0.1) is 11.4 Å². The minimum absolute atomic E-state index is 0.0567. The second kappa shape index (κ2) is 10.4. The minimum atomic E-state index is -0.698. The van der Waals surface area contributed by atoms with E-state index in [0.29, 0.717) is 47.1 Å². The van der Waals surface area contributed by atoms with E-state index in [1.807, 2.05) is 12.1 Å². The molecule has 204 valence electrons. The average molecular weight is 542 g/mol. The maximum Gasteiger partial charge on any atom is 0.259 e. The summed E-state index contributed by atoms with van der Waals surface area (Å²) in [5, 5.41) is 5.51. The largest absolute Gasteiger partial charge is 0.457 e. The summed E-state index contributed by atoms with van der Waals surface area (Å²) in [6.45, 7) is 0.884. The van der Waals surface area contributed by atoms with Crippen molar-refractivity contribution in [2.45, 2.75) is 31.7 Å². The first-order valence-electron chi connectivity index (χ1n) is 13.2. The van der Waals surface area contributed by atoms with E-state index in [1.54, 1.807) is 39.9 Å². The molecule has 1 aliphatic heterocycles. The number of nitrogens with two attached hydrogens (primary N) is 2. The monoisotopic (exact) mass is 541 g/mol. The van der Waals surface area contributed by atoms with E-state index < -0.39 is 5.91 Å². The van der Waals surface area contributed by atoms with Gasteiger partial charge in [0.1, 0.15) is 40.7 Å². The molecule has 40 heavy (non-hydrogen) atoms. The number of fused-ring (bicyclic) bond motifs is 1. The molecule has 2 aromatic carbocycles. The molecule has 2 amide bonds. The predicted molar refractivity (Wildman–Crippen MR) is 146 cm³/mol. The molecule has 11 heteroatoms. The molecule has 1 atom stereocenters. The van der Waals surface area contributed by atoms with Crippen LogP contribution >= 0.6 is 0 Å². The summed E-state index contributed by atoms with van der Waals surface area (Å²) >= 11 is 0. The van der Waals surface area contributed by atoms with E-state index in [-0.39, 0.29) is 29.3 Å². The van der Waals surface area contributed by atoms with E-state index in [0.717, 1.165) is 31.2 Å². The van der Waals surface area contributed by atoms with E-state index in [9.17, 15) is 14.0 Å². The molecule has 0 radical (unpaired) electrons. The van der Waals surface area contributed by atoms with Crippen LogP contribution < -0.4 is 16.2 Å². The smallest absolute Gasteiger partial charge is 0.259 e. The predicted octanol–water partition coefficient (Wildman–Crippen LogP) is 3.99. The molecule has 1 saturated heterocycles. The highest BCUT2D eigenvalue weighted by Gasteiger charge is 2.32. The van der Waals surface area contributed by atoms with E-state index in [1.165, 1.54) is 18.5 Å². The molecular formula is C29H28FN7O3. The number of ether oxygens (including phenoxy) is 1. The fourth-order valence-electron chi connectivity index (χ4n) is 5.07. The third-order valence-electron chi connectivity index (χ3n) is 7.23. The Bertz CT molecular complexity index is 1630. The van der Waals surface area contributed by atoms with Gasteiger partial charge in [0.2, 0.25) is 0 Å². The lowest BCUT2D eigenvalue weighted by atomic mass is 10.0. The molecule has 4 aromatic rings. The Kier molecular flexibility index (Phi) is 6.63. The molecule has 2 aromatic heterocycles. The summed E-state index contributed by atoms with van der Waals surface area (Å²) in [6.07, 6.45) is 6.54. The number of carbonyl (C=O) groups is 2. The molecule has 2 aliphatic rings. The number of nitrogen functional groups attached to an aromatic ring is 1. The topological polar surface area (TPSA) is 142 Å². The molecule has 0 unspecified atom stereocenters. The summed E-state index contributed by atoms with van der Waals surface area (Å²) in [5.41, 5.74) is 13.8. The van der Waals surface area contributed by atoms with Gasteiger partial charge < -0.3 is 21.1 Å². The van der Waals surface area contributed by atoms with Crippen molar-refractivity contribution >= 4 is 28.7 Å². The van der Waals surface area contributed by atoms with Crippen LogP contribution in [0.15, 0.2) is 66.5 Å². The Labute approximate surface area is 229 Å². The number of hydrogen-bond donors (Lipinski definition) is 2. The van der Waals surface area contributed by atoms with Gasteiger partial charge in [-0.05, 0) is 68.0 Å². The summed E-state index contributed by atoms with van der Waals surface area (Å²) < 4.78 is 21.1. The van der Waals surface area contributed by atoms with E-state index in [2.05, 4.69) is 9.97 Å². The van der Waals surface area contributed by atoms with Crippen LogP contribution in [-0.4, -0.2) is 49.6 Å². The Morgan fingerprint density at radius 2 is 1.85 bits per heavy atom. The van der Waals surface area contributed by atoms with Gasteiger partial charge in [0.15, 0.2) is 5.65 Å². The number of anilines is 1. The lowest BCUT2D eigenvalue weighted by molar-refractivity contribution is -0.131. The van der Waals surface area contributed by atoms with Crippen molar-refractivity contribution < 1.29 is 18.7 Å². The second-order valence-corrected chi connectivity index (χ2v) is 10.2. The molecule has 10 nitrogen and oxygen atoms in total. The number of rotatable bonds is 7. The van der Waals surface area contributed by atoms with E-state index in [4.69, 9.17) is 21.3 Å². The van der Waals surface area contributed by atoms with Gasteiger partial charge >= 0.3 is 0 Å². The lowest BCUT2D eigenvalue weighted by Gasteiger charge is -2.33. The number of carbonyl (C=O) groups excluding carboxylic acids is 2. The Morgan fingerprint density at radius 1 is 1.05 bits per heavy atom. The van der Waals surface area contributed by atoms with Crippen molar-refractivity contribution in [1.29, 1.82) is 0 Å². The summed E-state index contributed by atoms with van der Waals surface area (Å²) in [7, 11) is 0. The normalized spacial score (nSPS) is 17.7. The van der Waals surface area contributed by atoms with Crippen molar-refractivity contribution in [2.75, 3.05) is 18.8 Å². The highest BCUT2D eigenvalue weighted by Crippen LogP contribution is 2.36. The number of halogens is 1. The zero-order chi connectivity index (χ0) is 27.8. The van der Waals surface area contributed by atoms with Crippen molar-refractivity contribution in [3.05, 3.63) is 72.3 Å². The van der Waals surface area contributed by atoms with Gasteiger partial charge in [-0.15, -0.1) is 0 Å². The van der Waals surface area contributed by atoms with Gasteiger partial charge in [0.25, 0.3) is 11.8 Å². The molecule has 0 spiro atoms. The first-order valence-corrected chi connectivity index (χ1v) is 13.2. The number of hydrogen-bond acceptors (Lipinski definition) is 7. The fraction of sp³-hybridized carbons (Fsp3) is 0.276. The number of benzene rings is 2. The molecule has 6 rings (SSSR count). The van der Waals surface area contributed by atoms with Gasteiger partial charge in [0, 0.05) is 24.7 Å². The third kappa shape index (κ3) is 5.09. The quantitative estimate of drug-likeness (QED) is 0.205. The number of allylic oxidation sites excluding steroid dienone is 1. The summed E-state index contributed by atoms with van der Waals surface area (Å²) in [4.78, 5) is 35.6. The lowest BCUT2D eigenvalue weighted by Crippen LogP contribution is -2.43. The van der Waals surface area contributed by atoms with Crippen molar-refractivity contribution in [3.8, 4) is 22.8 Å². The van der Waals surface area contributed by atoms with Gasteiger partial charge in [-0.3, -0.25) is 9.59 Å². The van der Waals surface area contributed by atoms with Crippen molar-refractivity contribution in [2.24, 2.45) is 11.7 Å². The molecule has 2 fully saturated rings. The van der Waals surface area contributed by atoms with Crippen molar-refractivity contribution in [1.82, 2.24) is 24.6 Å². The Hall–Kier alpha value is -4.80. The Balaban J connectivity index is 1.29. The Morgan fingerprint density at radius 3 is 2.58 bits per heavy atom. The van der Waals surface area contributed by atoms with Crippen LogP contribution in [0.1, 0.15) is 31.7 Å². The van der Waals surface area contributed by atoms with Gasteiger partial charge in [-0.1, -0.05) is 12.1 Å². The number of aromatic nitrogens is 4. The number of primary amides is 1. The highest BCUT2D eigenvalue weighted by molar-refractivity contribution is 6.17. The highest BCUT2D eigenvalue weighted by atomic mass is 19.1. The molecular weight excluding hydrogens is 513 g/mol. The maximum atomic E-state index is 13.5. The first kappa shape index (κ1) is 25.5. The zero-order valence-corrected chi connectivity index (χ0v) is 21.7. The summed E-state index contributed by atoms with van der Waals surface area (Å²) in [6, 6.07) is 13.0. The zero-order valence-electron chi connectivity index (χ0n) is 21.7. The van der Waals surface area contributed by atoms with Crippen LogP contribution in [-0.2, 0) is 9.59 Å². The van der Waals surface area contributed by atoms with Crippen LogP contribution in [0.4, 0.5) is 10.2 Å². The standard InChI is InChI=1S/C29H28FN7O3/c30-19-3-1-5-22(14-19)40-21-10-8-18(9-11-21)25-24-26(31)33-16-34-28(24)37(35-25)20-4-2-12-36(15-20)29(39)23(27(32)38)13-17-6-7-17/h1,3,5,8-11,13-14,16-17,20H,2,4,6-7,12,15H2,(H2,32,38)(H2,31,33,34)/t20-/m1/s1. The average Bonchev–Trinajstić information content (AvgIpc) is 3.69. The molecule has 3 heterocycles. The fourth-order valence-corrected chi connectivity index (χ4v) is 5.07. The number of nitrogens with zero attached hydrogens (tertiary/aromatic N) is 5. The summed E-state index contributed by atoms with van der Waals surface area (Å²) in [5.74, 6) is 0.0408.